The third-order valence-electron chi connectivity index (χ3n) is 4.97. The minimum absolute atomic E-state index is 0.0358. The SMILES string of the molecule is CCCCOC1=CC=C(c2nc(CC)c(OC(CC)CC)nc2CC)C(=O)C1. The lowest BCUT2D eigenvalue weighted by atomic mass is 9.97. The quantitative estimate of drug-likeness (QED) is 0.488. The number of rotatable bonds is 11. The summed E-state index contributed by atoms with van der Waals surface area (Å²) in [6.07, 6.45) is 9.48. The Balaban J connectivity index is 2.35. The smallest absolute Gasteiger partial charge is 0.236 e. The molecule has 0 radical (unpaired) electrons. The van der Waals surface area contributed by atoms with Crippen molar-refractivity contribution in [3.63, 3.8) is 0 Å². The van der Waals surface area contributed by atoms with E-state index in [1.807, 2.05) is 26.0 Å². The summed E-state index contributed by atoms with van der Waals surface area (Å²) < 4.78 is 11.8. The number of allylic oxidation sites excluding steroid dienone is 4. The Kier molecular flexibility index (Phi) is 8.68. The van der Waals surface area contributed by atoms with Crippen LogP contribution in [0.3, 0.4) is 0 Å². The molecule has 0 unspecified atom stereocenters. The number of Topliss-reactive ketones (excluding diaryl/α,β-unsaturated/α-hetero) is 1. The average Bonchev–Trinajstić information content (AvgIpc) is 2.72. The van der Waals surface area contributed by atoms with Crippen molar-refractivity contribution in [2.45, 2.75) is 85.7 Å². The van der Waals surface area contributed by atoms with E-state index in [-0.39, 0.29) is 18.3 Å². The highest BCUT2D eigenvalue weighted by molar-refractivity contribution is 6.22. The lowest BCUT2D eigenvalue weighted by Gasteiger charge is -2.20. The zero-order valence-corrected chi connectivity index (χ0v) is 18.0. The van der Waals surface area contributed by atoms with Crippen molar-refractivity contribution < 1.29 is 14.3 Å². The number of ketones is 1. The Hall–Kier alpha value is -2.17. The summed E-state index contributed by atoms with van der Waals surface area (Å²) in [5, 5.41) is 0. The minimum Gasteiger partial charge on any atom is -0.497 e. The zero-order chi connectivity index (χ0) is 20.5. The summed E-state index contributed by atoms with van der Waals surface area (Å²) in [6, 6.07) is 0. The van der Waals surface area contributed by atoms with Crippen LogP contribution in [0.15, 0.2) is 17.9 Å². The molecule has 5 nitrogen and oxygen atoms in total. The standard InChI is InChI=1S/C23H34N2O3/c1-6-11-14-27-17-12-13-18(21(26)15-17)22-19(9-4)25-23(20(10-5)24-22)28-16(7-2)8-3/h12-13,16H,6-11,14-15H2,1-5H3. The fraction of sp³-hybridized carbons (Fsp3) is 0.609. The molecular formula is C23H34N2O3. The van der Waals surface area contributed by atoms with Gasteiger partial charge in [-0.15, -0.1) is 0 Å². The third kappa shape index (κ3) is 5.43. The summed E-state index contributed by atoms with van der Waals surface area (Å²) in [5.74, 6) is 1.38. The van der Waals surface area contributed by atoms with Crippen LogP contribution in [0.1, 0.15) is 83.8 Å². The number of nitrogens with zero attached hydrogens (tertiary/aromatic N) is 2. The van der Waals surface area contributed by atoms with E-state index in [9.17, 15) is 4.79 Å². The first-order valence-corrected chi connectivity index (χ1v) is 10.7. The summed E-state index contributed by atoms with van der Waals surface area (Å²) in [5.41, 5.74) is 2.92. The first-order chi connectivity index (χ1) is 13.6. The number of hydrogen-bond donors (Lipinski definition) is 0. The van der Waals surface area contributed by atoms with Crippen LogP contribution in [-0.2, 0) is 22.4 Å². The Labute approximate surface area is 169 Å². The maximum absolute atomic E-state index is 12.8. The van der Waals surface area contributed by atoms with E-state index < -0.39 is 0 Å². The van der Waals surface area contributed by atoms with Crippen molar-refractivity contribution in [2.24, 2.45) is 0 Å². The Morgan fingerprint density at radius 2 is 1.71 bits per heavy atom. The van der Waals surface area contributed by atoms with Crippen LogP contribution in [0.5, 0.6) is 5.88 Å². The average molecular weight is 387 g/mol. The topological polar surface area (TPSA) is 61.3 Å². The number of ether oxygens (including phenoxy) is 2. The molecule has 5 heteroatoms. The molecular weight excluding hydrogens is 352 g/mol. The zero-order valence-electron chi connectivity index (χ0n) is 18.0. The molecule has 1 aromatic rings. The van der Waals surface area contributed by atoms with Crippen molar-refractivity contribution in [2.75, 3.05) is 6.61 Å². The molecule has 0 atom stereocenters. The minimum atomic E-state index is 0.0358. The van der Waals surface area contributed by atoms with E-state index in [1.165, 1.54) is 0 Å². The van der Waals surface area contributed by atoms with Crippen molar-refractivity contribution in [3.05, 3.63) is 35.0 Å². The third-order valence-corrected chi connectivity index (χ3v) is 4.97. The molecule has 1 aliphatic carbocycles. The van der Waals surface area contributed by atoms with Crippen LogP contribution in [0, 0.1) is 0 Å². The van der Waals surface area contributed by atoms with Gasteiger partial charge in [0, 0.05) is 5.57 Å². The van der Waals surface area contributed by atoms with Crippen molar-refractivity contribution >= 4 is 11.4 Å². The molecule has 0 amide bonds. The van der Waals surface area contributed by atoms with Gasteiger partial charge in [0.2, 0.25) is 5.88 Å². The number of hydrogen-bond acceptors (Lipinski definition) is 5. The second-order valence-electron chi connectivity index (χ2n) is 7.05. The molecule has 0 spiro atoms. The predicted octanol–water partition coefficient (Wildman–Crippen LogP) is 5.23. The van der Waals surface area contributed by atoms with Gasteiger partial charge in [-0.25, -0.2) is 9.97 Å². The molecule has 0 aliphatic heterocycles. The highest BCUT2D eigenvalue weighted by atomic mass is 16.5. The van der Waals surface area contributed by atoms with Crippen LogP contribution < -0.4 is 4.74 Å². The number of aryl methyl sites for hydroxylation is 2. The van der Waals surface area contributed by atoms with Gasteiger partial charge >= 0.3 is 0 Å². The van der Waals surface area contributed by atoms with Gasteiger partial charge in [0.25, 0.3) is 0 Å². The van der Waals surface area contributed by atoms with E-state index >= 15 is 0 Å². The van der Waals surface area contributed by atoms with Crippen LogP contribution in [0.2, 0.25) is 0 Å². The fourth-order valence-corrected chi connectivity index (χ4v) is 3.13. The molecule has 0 bridgehead atoms. The summed E-state index contributed by atoms with van der Waals surface area (Å²) in [6.45, 7) is 11.1. The predicted molar refractivity (Wildman–Crippen MR) is 112 cm³/mol. The van der Waals surface area contributed by atoms with Gasteiger partial charge in [-0.05, 0) is 44.3 Å². The largest absolute Gasteiger partial charge is 0.497 e. The van der Waals surface area contributed by atoms with Crippen molar-refractivity contribution in [1.29, 1.82) is 0 Å². The maximum Gasteiger partial charge on any atom is 0.236 e. The monoisotopic (exact) mass is 386 g/mol. The van der Waals surface area contributed by atoms with Gasteiger partial charge in [0.05, 0.1) is 30.5 Å². The first kappa shape index (κ1) is 22.1. The molecule has 0 aromatic carbocycles. The lowest BCUT2D eigenvalue weighted by Crippen LogP contribution is -2.19. The summed E-state index contributed by atoms with van der Waals surface area (Å²) in [7, 11) is 0. The van der Waals surface area contributed by atoms with Crippen LogP contribution >= 0.6 is 0 Å². The molecule has 154 valence electrons. The normalized spacial score (nSPS) is 14.1. The van der Waals surface area contributed by atoms with Gasteiger partial charge in [0.1, 0.15) is 11.5 Å². The summed E-state index contributed by atoms with van der Waals surface area (Å²) in [4.78, 5) is 22.3. The molecule has 0 N–H and O–H groups in total. The Morgan fingerprint density at radius 3 is 2.29 bits per heavy atom. The first-order valence-electron chi connectivity index (χ1n) is 10.7. The molecule has 1 heterocycles. The van der Waals surface area contributed by atoms with Gasteiger partial charge in [-0.2, -0.15) is 0 Å². The van der Waals surface area contributed by atoms with Crippen LogP contribution in [0.4, 0.5) is 0 Å². The number of aromatic nitrogens is 2. The highest BCUT2D eigenvalue weighted by Gasteiger charge is 2.24. The van der Waals surface area contributed by atoms with Crippen LogP contribution in [-0.4, -0.2) is 28.5 Å². The molecule has 0 saturated heterocycles. The molecule has 1 aliphatic rings. The van der Waals surface area contributed by atoms with E-state index in [1.54, 1.807) is 0 Å². The fourth-order valence-electron chi connectivity index (χ4n) is 3.13. The molecule has 0 fully saturated rings. The van der Waals surface area contributed by atoms with Gasteiger partial charge in [-0.3, -0.25) is 4.79 Å². The molecule has 28 heavy (non-hydrogen) atoms. The van der Waals surface area contributed by atoms with Gasteiger partial charge in [0.15, 0.2) is 5.78 Å². The molecule has 0 saturated carbocycles. The van der Waals surface area contributed by atoms with Gasteiger partial charge in [-0.1, -0.05) is 41.0 Å². The lowest BCUT2D eigenvalue weighted by molar-refractivity contribution is -0.113. The Bertz CT molecular complexity index is 734. The number of carbonyl (C=O) groups is 1. The van der Waals surface area contributed by atoms with Crippen LogP contribution in [0.25, 0.3) is 5.57 Å². The maximum atomic E-state index is 12.8. The molecule has 2 rings (SSSR count). The second-order valence-corrected chi connectivity index (χ2v) is 7.05. The number of unbranched alkanes of at least 4 members (excludes halogenated alkanes) is 1. The van der Waals surface area contributed by atoms with E-state index in [4.69, 9.17) is 19.4 Å². The van der Waals surface area contributed by atoms with E-state index in [0.717, 1.165) is 42.8 Å². The second kappa shape index (κ2) is 11.0. The summed E-state index contributed by atoms with van der Waals surface area (Å²) >= 11 is 0. The molecule has 1 aromatic heterocycles. The van der Waals surface area contributed by atoms with Crippen molar-refractivity contribution in [1.82, 2.24) is 9.97 Å². The highest BCUT2D eigenvalue weighted by Crippen LogP contribution is 2.29. The van der Waals surface area contributed by atoms with Gasteiger partial charge < -0.3 is 9.47 Å². The van der Waals surface area contributed by atoms with E-state index in [2.05, 4.69) is 20.8 Å². The van der Waals surface area contributed by atoms with E-state index in [0.29, 0.717) is 36.6 Å². The van der Waals surface area contributed by atoms with Crippen molar-refractivity contribution in [3.8, 4) is 5.88 Å². The number of carbonyl (C=O) groups excluding carboxylic acids is 1. The Morgan fingerprint density at radius 1 is 1.00 bits per heavy atom.